The zero-order valence-corrected chi connectivity index (χ0v) is 15.5. The third kappa shape index (κ3) is 4.39. The van der Waals surface area contributed by atoms with Gasteiger partial charge in [0.1, 0.15) is 5.84 Å². The van der Waals surface area contributed by atoms with Gasteiger partial charge < -0.3 is 15.5 Å². The highest BCUT2D eigenvalue weighted by Crippen LogP contribution is 2.59. The first-order valence-electron chi connectivity index (χ1n) is 9.37. The van der Waals surface area contributed by atoms with Crippen LogP contribution in [0.2, 0.25) is 0 Å². The van der Waals surface area contributed by atoms with Crippen molar-refractivity contribution in [3.05, 3.63) is 71.8 Å². The number of amidine groups is 1. The number of hydrogen-bond acceptors (Lipinski definition) is 4. The van der Waals surface area contributed by atoms with Crippen LogP contribution in [0.1, 0.15) is 30.4 Å². The molecule has 0 bridgehead atoms. The lowest BCUT2D eigenvalue weighted by atomic mass is 9.85. The molecular weight excluding hydrogens is 356 g/mol. The van der Waals surface area contributed by atoms with Gasteiger partial charge in [-0.1, -0.05) is 60.7 Å². The molecule has 6 nitrogen and oxygen atoms in total. The Hall–Kier alpha value is -3.15. The number of rotatable bonds is 6. The molecular formula is C22H24N2O4. The topological polar surface area (TPSA) is 99.0 Å². The SMILES string of the molecule is O=C(O)CCC(=O)O.c1ccc(C2(c3ccccc3)C[C@@H]2C2=NCCN2)cc1. The van der Waals surface area contributed by atoms with E-state index in [1.165, 1.54) is 17.0 Å². The molecule has 0 aromatic heterocycles. The van der Waals surface area contributed by atoms with Crippen LogP contribution in [0.5, 0.6) is 0 Å². The van der Waals surface area contributed by atoms with Gasteiger partial charge in [0.15, 0.2) is 0 Å². The largest absolute Gasteiger partial charge is 0.481 e. The Balaban J connectivity index is 0.000000242. The molecule has 2 aliphatic rings. The van der Waals surface area contributed by atoms with Gasteiger partial charge in [-0.05, 0) is 17.5 Å². The minimum absolute atomic E-state index is 0.124. The smallest absolute Gasteiger partial charge is 0.303 e. The summed E-state index contributed by atoms with van der Waals surface area (Å²) >= 11 is 0. The van der Waals surface area contributed by atoms with Crippen LogP contribution in [0.4, 0.5) is 0 Å². The first-order chi connectivity index (χ1) is 13.5. The summed E-state index contributed by atoms with van der Waals surface area (Å²) in [5.41, 5.74) is 2.94. The maximum absolute atomic E-state index is 9.64. The van der Waals surface area contributed by atoms with Crippen molar-refractivity contribution in [1.29, 1.82) is 0 Å². The highest BCUT2D eigenvalue weighted by Gasteiger charge is 2.59. The molecule has 0 amide bonds. The van der Waals surface area contributed by atoms with Crippen LogP contribution < -0.4 is 5.32 Å². The number of carbonyl (C=O) groups is 2. The second kappa shape index (κ2) is 8.69. The van der Waals surface area contributed by atoms with Gasteiger partial charge in [0.05, 0.1) is 19.4 Å². The maximum atomic E-state index is 9.64. The Morgan fingerprint density at radius 2 is 1.43 bits per heavy atom. The molecule has 1 heterocycles. The van der Waals surface area contributed by atoms with Crippen LogP contribution in [-0.2, 0) is 15.0 Å². The van der Waals surface area contributed by atoms with Crippen LogP contribution in [-0.4, -0.2) is 41.1 Å². The second-order valence-electron chi connectivity index (χ2n) is 6.94. The summed E-state index contributed by atoms with van der Waals surface area (Å²) in [7, 11) is 0. The number of carboxylic acid groups (broad SMARTS) is 2. The standard InChI is InChI=1S/C18H18N2.C4H6O4/c1-3-7-14(8-4-1)18(15-9-5-2-6-10-15)13-16(18)17-19-11-12-20-17;5-3(6)1-2-4(7)8/h1-10,16H,11-13H2,(H,19,20);1-2H2,(H,5,6)(H,7,8)/t16-;/m1./s1. The fourth-order valence-electron chi connectivity index (χ4n) is 3.73. The molecule has 2 aromatic carbocycles. The molecule has 1 saturated carbocycles. The Morgan fingerprint density at radius 3 is 1.82 bits per heavy atom. The lowest BCUT2D eigenvalue weighted by Crippen LogP contribution is -2.25. The molecule has 2 aromatic rings. The summed E-state index contributed by atoms with van der Waals surface area (Å²) in [5, 5.41) is 19.3. The Morgan fingerprint density at radius 1 is 0.929 bits per heavy atom. The zero-order valence-electron chi connectivity index (χ0n) is 15.5. The van der Waals surface area contributed by atoms with Crippen molar-refractivity contribution in [1.82, 2.24) is 5.32 Å². The highest BCUT2D eigenvalue weighted by atomic mass is 16.4. The number of benzene rings is 2. The summed E-state index contributed by atoms with van der Waals surface area (Å²) < 4.78 is 0. The summed E-state index contributed by atoms with van der Waals surface area (Å²) in [6.07, 6.45) is 0.567. The monoisotopic (exact) mass is 380 g/mol. The summed E-state index contributed by atoms with van der Waals surface area (Å²) in [6.45, 7) is 1.91. The Bertz CT molecular complexity index is 796. The summed E-state index contributed by atoms with van der Waals surface area (Å²) in [5.74, 6) is -0.438. The van der Waals surface area contributed by atoms with E-state index in [1.54, 1.807) is 0 Å². The third-order valence-corrected chi connectivity index (χ3v) is 5.12. The molecule has 1 aliphatic carbocycles. The van der Waals surface area contributed by atoms with Crippen molar-refractivity contribution in [2.75, 3.05) is 13.1 Å². The van der Waals surface area contributed by atoms with Crippen LogP contribution in [0.25, 0.3) is 0 Å². The summed E-state index contributed by atoms with van der Waals surface area (Å²) in [6, 6.07) is 21.7. The van der Waals surface area contributed by atoms with E-state index in [1.807, 2.05) is 0 Å². The fraction of sp³-hybridized carbons (Fsp3) is 0.318. The predicted molar refractivity (Wildman–Crippen MR) is 107 cm³/mol. The van der Waals surface area contributed by atoms with E-state index in [9.17, 15) is 9.59 Å². The van der Waals surface area contributed by atoms with Crippen molar-refractivity contribution < 1.29 is 19.8 Å². The van der Waals surface area contributed by atoms with Gasteiger partial charge in [-0.2, -0.15) is 0 Å². The van der Waals surface area contributed by atoms with Crippen LogP contribution in [0, 0.1) is 5.92 Å². The molecule has 146 valence electrons. The van der Waals surface area contributed by atoms with E-state index in [-0.39, 0.29) is 18.3 Å². The van der Waals surface area contributed by atoms with Crippen molar-refractivity contribution in [2.45, 2.75) is 24.7 Å². The van der Waals surface area contributed by atoms with Crippen molar-refractivity contribution in [2.24, 2.45) is 10.9 Å². The third-order valence-electron chi connectivity index (χ3n) is 5.12. The molecule has 1 aliphatic heterocycles. The number of aliphatic carboxylic acids is 2. The lowest BCUT2D eigenvalue weighted by molar-refractivity contribution is -0.143. The number of carboxylic acids is 2. The van der Waals surface area contributed by atoms with Crippen molar-refractivity contribution >= 4 is 17.8 Å². The molecule has 3 N–H and O–H groups in total. The van der Waals surface area contributed by atoms with E-state index in [0.29, 0.717) is 5.92 Å². The van der Waals surface area contributed by atoms with E-state index in [4.69, 9.17) is 10.2 Å². The minimum atomic E-state index is -1.08. The molecule has 4 rings (SSSR count). The maximum Gasteiger partial charge on any atom is 0.303 e. The van der Waals surface area contributed by atoms with Gasteiger partial charge in [0.2, 0.25) is 0 Å². The van der Waals surface area contributed by atoms with Gasteiger partial charge in [0.25, 0.3) is 0 Å². The average Bonchev–Trinajstić information content (AvgIpc) is 3.24. The van der Waals surface area contributed by atoms with Crippen molar-refractivity contribution in [3.63, 3.8) is 0 Å². The first kappa shape index (κ1) is 19.6. The average molecular weight is 380 g/mol. The number of hydrogen-bond donors (Lipinski definition) is 3. The highest BCUT2D eigenvalue weighted by molar-refractivity contribution is 5.91. The van der Waals surface area contributed by atoms with Crippen LogP contribution in [0.3, 0.4) is 0 Å². The van der Waals surface area contributed by atoms with Gasteiger partial charge >= 0.3 is 11.9 Å². The van der Waals surface area contributed by atoms with Crippen LogP contribution >= 0.6 is 0 Å². The number of nitrogens with one attached hydrogen (secondary N) is 1. The lowest BCUT2D eigenvalue weighted by Gasteiger charge is -2.19. The molecule has 1 atom stereocenters. The number of aliphatic imine (C=N–C) groups is 1. The Labute approximate surface area is 163 Å². The molecule has 0 saturated heterocycles. The quantitative estimate of drug-likeness (QED) is 0.716. The van der Waals surface area contributed by atoms with Crippen molar-refractivity contribution in [3.8, 4) is 0 Å². The minimum Gasteiger partial charge on any atom is -0.481 e. The molecule has 1 fully saturated rings. The molecule has 0 unspecified atom stereocenters. The summed E-state index contributed by atoms with van der Waals surface area (Å²) in [4.78, 5) is 23.9. The zero-order chi connectivity index (χ0) is 20.0. The van der Waals surface area contributed by atoms with E-state index < -0.39 is 11.9 Å². The number of nitrogens with zero attached hydrogens (tertiary/aromatic N) is 1. The predicted octanol–water partition coefficient (Wildman–Crippen LogP) is 2.93. The second-order valence-corrected chi connectivity index (χ2v) is 6.94. The van der Waals surface area contributed by atoms with Gasteiger partial charge in [-0.25, -0.2) is 0 Å². The van der Waals surface area contributed by atoms with E-state index in [2.05, 4.69) is 71.0 Å². The normalized spacial score (nSPS) is 18.9. The molecule has 6 heteroatoms. The van der Waals surface area contributed by atoms with Gasteiger partial charge in [0, 0.05) is 17.9 Å². The van der Waals surface area contributed by atoms with E-state index >= 15 is 0 Å². The molecule has 28 heavy (non-hydrogen) atoms. The van der Waals surface area contributed by atoms with E-state index in [0.717, 1.165) is 19.5 Å². The van der Waals surface area contributed by atoms with Crippen LogP contribution in [0.15, 0.2) is 65.7 Å². The Kier molecular flexibility index (Phi) is 6.09. The fourth-order valence-corrected chi connectivity index (χ4v) is 3.73. The molecule has 0 radical (unpaired) electrons. The first-order valence-corrected chi connectivity index (χ1v) is 9.37. The van der Waals surface area contributed by atoms with Gasteiger partial charge in [-0.15, -0.1) is 0 Å². The molecule has 0 spiro atoms. The van der Waals surface area contributed by atoms with Gasteiger partial charge in [-0.3, -0.25) is 14.6 Å².